The monoisotopic (exact) mass is 615 g/mol. The number of pyridine rings is 1. The molecule has 44 heavy (non-hydrogen) atoms. The quantitative estimate of drug-likeness (QED) is 0.147. The first-order valence-corrected chi connectivity index (χ1v) is 14.6. The van der Waals surface area contributed by atoms with Crippen LogP contribution < -0.4 is 42.4 Å². The smallest absolute Gasteiger partial charge is 0.260 e. The summed E-state index contributed by atoms with van der Waals surface area (Å²) in [6.07, 6.45) is 7.07. The van der Waals surface area contributed by atoms with Gasteiger partial charge in [-0.25, -0.2) is 0 Å². The predicted octanol–water partition coefficient (Wildman–Crippen LogP) is 0.187. The molecule has 5 N–H and O–H groups in total. The van der Waals surface area contributed by atoms with E-state index in [0.717, 1.165) is 18.9 Å². The Kier molecular flexibility index (Phi) is 6.86. The number of nitrogens with one attached hydrogen (secondary N) is 1. The molecule has 2 aromatic rings. The minimum Gasteiger partial charge on any atom is -0.510 e. The third kappa shape index (κ3) is 3.70. The molecule has 0 saturated heterocycles. The Morgan fingerprint density at radius 2 is 1.59 bits per heavy atom. The van der Waals surface area contributed by atoms with Gasteiger partial charge in [-0.1, -0.05) is 24.3 Å². The summed E-state index contributed by atoms with van der Waals surface area (Å²) in [6.45, 7) is 1.49. The van der Waals surface area contributed by atoms with Crippen LogP contribution in [0.3, 0.4) is 0 Å². The van der Waals surface area contributed by atoms with Gasteiger partial charge in [0, 0.05) is 17.0 Å². The van der Waals surface area contributed by atoms with Crippen LogP contribution >= 0.6 is 11.8 Å². The first-order valence-electron chi connectivity index (χ1n) is 13.6. The Morgan fingerprint density at radius 3 is 2.20 bits per heavy atom. The Bertz CT molecular complexity index is 2470. The topological polar surface area (TPSA) is 191 Å². The number of hydrogen-bond acceptors (Lipinski definition) is 11. The summed E-state index contributed by atoms with van der Waals surface area (Å²) in [6, 6.07) is 3.29. The number of aliphatic hydroxyl groups excluding tert-OH is 3. The van der Waals surface area contributed by atoms with Gasteiger partial charge in [-0.15, -0.1) is 11.8 Å². The Labute approximate surface area is 250 Å². The van der Waals surface area contributed by atoms with E-state index in [1.54, 1.807) is 30.4 Å². The van der Waals surface area contributed by atoms with Crippen LogP contribution in [0.1, 0.15) is 30.2 Å². The molecule has 1 aromatic carbocycles. The van der Waals surface area contributed by atoms with Crippen LogP contribution in [-0.2, 0) is 11.8 Å². The zero-order valence-electron chi connectivity index (χ0n) is 23.4. The molecule has 1 aromatic heterocycles. The van der Waals surface area contributed by atoms with Gasteiger partial charge in [-0.3, -0.25) is 24.0 Å². The van der Waals surface area contributed by atoms with Crippen LogP contribution in [0.5, 0.6) is 11.5 Å². The standard InChI is InChI=1S/C32H25NO10S/c1-3-4-5-6-15-12-14-11-13-7-8-32(21(13)24(37)16(14)31(42)33-15)29(40)19-20(30(32)41)23(36)18-17(22(19)35)25(38)27(43-2)28(26(18)39)44-10-9-34/h3-6,11-12,34,37,40-41H,7-10H2,1-2H3,(H,33,42)/b4-3+,6-5+/t32-/m1/s1. The number of methoxy groups -OCH3 is 1. The molecule has 11 nitrogen and oxygen atoms in total. The lowest BCUT2D eigenvalue weighted by Crippen LogP contribution is -2.52. The zero-order valence-corrected chi connectivity index (χ0v) is 24.3. The maximum atomic E-state index is 13.9. The first-order chi connectivity index (χ1) is 21.0. The van der Waals surface area contributed by atoms with Crippen LogP contribution in [-0.4, -0.2) is 44.9 Å². The second-order valence-electron chi connectivity index (χ2n) is 10.5. The second-order valence-corrected chi connectivity index (χ2v) is 11.6. The average Bonchev–Trinajstić information content (AvgIpc) is 3.48. The van der Waals surface area contributed by atoms with Crippen molar-refractivity contribution in [2.75, 3.05) is 19.5 Å². The van der Waals surface area contributed by atoms with E-state index in [2.05, 4.69) is 4.98 Å². The van der Waals surface area contributed by atoms with E-state index in [1.807, 2.05) is 13.0 Å². The molecule has 1 heterocycles. The number of benzene rings is 1. The Hall–Kier alpha value is -4.94. The van der Waals surface area contributed by atoms with Crippen molar-refractivity contribution in [1.82, 2.24) is 4.98 Å². The number of allylic oxidation sites excluding steroid dienone is 3. The molecule has 4 aliphatic rings. The minimum atomic E-state index is -1.98. The number of rotatable bonds is 6. The molecule has 12 heteroatoms. The lowest BCUT2D eigenvalue weighted by Gasteiger charge is -2.27. The van der Waals surface area contributed by atoms with Crippen molar-refractivity contribution in [3.8, 4) is 11.5 Å². The van der Waals surface area contributed by atoms with Crippen molar-refractivity contribution in [1.29, 1.82) is 0 Å². The van der Waals surface area contributed by atoms with E-state index in [9.17, 15) is 44.4 Å². The molecule has 6 rings (SSSR count). The molecule has 1 atom stereocenters. The SMILES string of the molecule is C/C=C/C=C/c1cc2cc3c(c(O)c2c(=O)[nH]1)[C@]1(CC3)C(O)=c2c(=O)c3c(=O)c(OC)c(SCCO)c(=O)c=3c(=O)c2=C1O. The van der Waals surface area contributed by atoms with Gasteiger partial charge < -0.3 is 30.1 Å². The van der Waals surface area contributed by atoms with E-state index >= 15 is 0 Å². The van der Waals surface area contributed by atoms with E-state index in [1.165, 1.54) is 0 Å². The third-order valence-corrected chi connectivity index (χ3v) is 9.34. The molecule has 0 aliphatic heterocycles. The number of aromatic amines is 1. The summed E-state index contributed by atoms with van der Waals surface area (Å²) in [5.74, 6) is -2.57. The molecular weight excluding hydrogens is 590 g/mol. The van der Waals surface area contributed by atoms with Gasteiger partial charge in [0.2, 0.25) is 21.7 Å². The summed E-state index contributed by atoms with van der Waals surface area (Å²) >= 11 is 0.771. The lowest BCUT2D eigenvalue weighted by molar-refractivity contribution is 0.322. The van der Waals surface area contributed by atoms with Gasteiger partial charge in [-0.2, -0.15) is 0 Å². The highest BCUT2D eigenvalue weighted by atomic mass is 32.2. The third-order valence-electron chi connectivity index (χ3n) is 8.29. The van der Waals surface area contributed by atoms with Crippen molar-refractivity contribution in [2.24, 2.45) is 0 Å². The van der Waals surface area contributed by atoms with Crippen molar-refractivity contribution in [3.05, 3.63) is 119 Å². The number of aromatic nitrogens is 1. The van der Waals surface area contributed by atoms with Crippen molar-refractivity contribution in [2.45, 2.75) is 30.1 Å². The second kappa shape index (κ2) is 10.4. The highest BCUT2D eigenvalue weighted by molar-refractivity contribution is 7.99. The summed E-state index contributed by atoms with van der Waals surface area (Å²) < 4.78 is 5.11. The number of thioether (sulfide) groups is 1. The Balaban J connectivity index is 1.73. The van der Waals surface area contributed by atoms with E-state index in [4.69, 9.17) is 4.74 Å². The maximum absolute atomic E-state index is 13.9. The number of aliphatic hydroxyl groups is 3. The molecule has 1 spiro atoms. The van der Waals surface area contributed by atoms with Crippen LogP contribution in [0, 0.1) is 10.4 Å². The summed E-state index contributed by atoms with van der Waals surface area (Å²) in [5.41, 5.74) is -6.09. The number of hydrogen-bond donors (Lipinski definition) is 5. The highest BCUT2D eigenvalue weighted by Crippen LogP contribution is 2.54. The van der Waals surface area contributed by atoms with Gasteiger partial charge in [0.1, 0.15) is 27.6 Å². The first kappa shape index (κ1) is 29.1. The van der Waals surface area contributed by atoms with E-state index in [-0.39, 0.29) is 41.0 Å². The predicted molar refractivity (Wildman–Crippen MR) is 165 cm³/mol. The van der Waals surface area contributed by atoms with Crippen LogP contribution in [0.4, 0.5) is 0 Å². The Morgan fingerprint density at radius 1 is 0.932 bits per heavy atom. The summed E-state index contributed by atoms with van der Waals surface area (Å²) in [5, 5.41) is 41.5. The minimum absolute atomic E-state index is 0.00825. The number of aromatic hydroxyl groups is 1. The molecule has 0 unspecified atom stereocenters. The molecule has 224 valence electrons. The van der Waals surface area contributed by atoms with E-state index < -0.39 is 76.6 Å². The maximum Gasteiger partial charge on any atom is 0.260 e. The fourth-order valence-corrected chi connectivity index (χ4v) is 7.31. The molecule has 0 amide bonds. The van der Waals surface area contributed by atoms with Gasteiger partial charge in [0.25, 0.3) is 5.56 Å². The molecule has 0 bridgehead atoms. The number of phenols is 1. The highest BCUT2D eigenvalue weighted by Gasteiger charge is 2.53. The molecule has 4 aliphatic carbocycles. The molecule has 0 saturated carbocycles. The number of ether oxygens (including phenoxy) is 1. The number of fused-ring (bicyclic) bond motifs is 4. The van der Waals surface area contributed by atoms with E-state index in [0.29, 0.717) is 16.6 Å². The van der Waals surface area contributed by atoms with Crippen molar-refractivity contribution in [3.63, 3.8) is 0 Å². The number of phenolic OH excluding ortho intramolecular Hbond substituents is 1. The number of H-pyrrole nitrogens is 1. The van der Waals surface area contributed by atoms with Crippen LogP contribution in [0.25, 0.3) is 28.4 Å². The summed E-state index contributed by atoms with van der Waals surface area (Å²) in [4.78, 5) is 70.1. The lowest BCUT2D eigenvalue weighted by atomic mass is 9.78. The number of aryl methyl sites for hydroxylation is 1. The van der Waals surface area contributed by atoms with Crippen LogP contribution in [0.2, 0.25) is 0 Å². The van der Waals surface area contributed by atoms with Gasteiger partial charge in [0.05, 0.1) is 40.0 Å². The molecule has 0 radical (unpaired) electrons. The fraction of sp³-hybridized carbons (Fsp3) is 0.219. The van der Waals surface area contributed by atoms with Crippen LogP contribution in [0.15, 0.2) is 59.2 Å². The molecular formula is C32H25NO10S. The summed E-state index contributed by atoms with van der Waals surface area (Å²) in [7, 11) is 1.12. The normalized spacial score (nSPS) is 17.6. The average molecular weight is 616 g/mol. The fourth-order valence-electron chi connectivity index (χ4n) is 6.48. The van der Waals surface area contributed by atoms with Gasteiger partial charge in [-0.05, 0) is 42.9 Å². The van der Waals surface area contributed by atoms with Crippen molar-refractivity contribution >= 4 is 40.1 Å². The van der Waals surface area contributed by atoms with Gasteiger partial charge in [0.15, 0.2) is 5.75 Å². The largest absolute Gasteiger partial charge is 0.510 e. The van der Waals surface area contributed by atoms with Crippen molar-refractivity contribution < 1.29 is 25.2 Å². The molecule has 0 fully saturated rings. The van der Waals surface area contributed by atoms with Gasteiger partial charge >= 0.3 is 0 Å². The zero-order chi connectivity index (χ0) is 31.7.